The highest BCUT2D eigenvalue weighted by Crippen LogP contribution is 2.41. The van der Waals surface area contributed by atoms with Crippen LogP contribution in [0.2, 0.25) is 0 Å². The van der Waals surface area contributed by atoms with Crippen LogP contribution in [0.4, 0.5) is 0 Å². The first-order valence-electron chi connectivity index (χ1n) is 12.0. The molecule has 0 spiro atoms. The van der Waals surface area contributed by atoms with E-state index in [0.717, 1.165) is 57.5 Å². The number of aromatic nitrogens is 5. The third-order valence-corrected chi connectivity index (χ3v) is 6.84. The lowest BCUT2D eigenvalue weighted by atomic mass is 9.88. The molecule has 0 saturated carbocycles. The second-order valence-electron chi connectivity index (χ2n) is 8.85. The van der Waals surface area contributed by atoms with Crippen LogP contribution in [0.15, 0.2) is 64.0 Å². The molecule has 0 radical (unpaired) electrons. The number of hydrogen-bond acceptors (Lipinski definition) is 6. The van der Waals surface area contributed by atoms with E-state index >= 15 is 0 Å². The summed E-state index contributed by atoms with van der Waals surface area (Å²) in [7, 11) is 0. The van der Waals surface area contributed by atoms with Gasteiger partial charge in [0.2, 0.25) is 0 Å². The van der Waals surface area contributed by atoms with Crippen LogP contribution in [0.5, 0.6) is 6.01 Å². The van der Waals surface area contributed by atoms with Crippen molar-refractivity contribution < 1.29 is 9.26 Å². The Hall–Kier alpha value is -4.46. The number of rotatable bonds is 4. The standard InChI is InChI=1S/C28H25N5O3/c1-4-35-27-30-22-10-7-15-29-26(22)33(27)23-14-13-21-19(16(23)2)12-11-18-8-5-6-9-20(18)24(21)17(3)25-31-28(34)36-32-25/h5-10,13-15H,4,11-12H2,1-3H3,(H,31,32,34)/b24-17+. The number of fused-ring (bicyclic) bond motifs is 3. The maximum Gasteiger partial charge on any atom is 0.439 e. The molecule has 0 fully saturated rings. The zero-order chi connectivity index (χ0) is 24.8. The van der Waals surface area contributed by atoms with Crippen LogP contribution >= 0.6 is 0 Å². The maximum atomic E-state index is 11.7. The van der Waals surface area contributed by atoms with Crippen molar-refractivity contribution in [3.05, 3.63) is 98.9 Å². The average Bonchev–Trinajstić information content (AvgIpc) is 3.43. The summed E-state index contributed by atoms with van der Waals surface area (Å²) in [4.78, 5) is 23.7. The molecule has 5 aromatic rings. The van der Waals surface area contributed by atoms with Gasteiger partial charge in [-0.15, -0.1) is 0 Å². The normalized spacial score (nSPS) is 14.3. The monoisotopic (exact) mass is 479 g/mol. The number of imidazole rings is 1. The molecule has 0 unspecified atom stereocenters. The third-order valence-electron chi connectivity index (χ3n) is 6.84. The lowest BCUT2D eigenvalue weighted by Crippen LogP contribution is -2.07. The second kappa shape index (κ2) is 8.64. The SMILES string of the molecule is CCOc1nc2cccnc2n1-c1ccc2c(c1C)CCc1ccccc1/C2=C(/C)c1noc(=O)[nH]1. The summed E-state index contributed by atoms with van der Waals surface area (Å²) < 4.78 is 12.7. The van der Waals surface area contributed by atoms with Crippen LogP contribution in [-0.4, -0.2) is 31.3 Å². The van der Waals surface area contributed by atoms with Crippen LogP contribution < -0.4 is 10.5 Å². The average molecular weight is 480 g/mol. The number of aromatic amines is 1. The lowest BCUT2D eigenvalue weighted by molar-refractivity contribution is 0.309. The van der Waals surface area contributed by atoms with E-state index < -0.39 is 5.76 Å². The minimum absolute atomic E-state index is 0.433. The molecule has 0 saturated heterocycles. The van der Waals surface area contributed by atoms with Crippen molar-refractivity contribution in [3.8, 4) is 11.7 Å². The molecule has 1 aliphatic rings. The van der Waals surface area contributed by atoms with Crippen molar-refractivity contribution in [1.82, 2.24) is 24.7 Å². The minimum atomic E-state index is -0.568. The fraction of sp³-hybridized carbons (Fsp3) is 0.214. The number of benzene rings is 2. The van der Waals surface area contributed by atoms with Gasteiger partial charge < -0.3 is 4.74 Å². The molecule has 3 heterocycles. The van der Waals surface area contributed by atoms with Gasteiger partial charge in [-0.25, -0.2) is 14.3 Å². The van der Waals surface area contributed by atoms with E-state index in [1.807, 2.05) is 36.6 Å². The first-order valence-corrected chi connectivity index (χ1v) is 12.0. The second-order valence-corrected chi connectivity index (χ2v) is 8.85. The molecule has 0 bridgehead atoms. The maximum absolute atomic E-state index is 11.7. The van der Waals surface area contributed by atoms with E-state index in [9.17, 15) is 4.79 Å². The summed E-state index contributed by atoms with van der Waals surface area (Å²) in [5.41, 5.74) is 10.3. The van der Waals surface area contributed by atoms with Crippen molar-refractivity contribution >= 4 is 22.3 Å². The van der Waals surface area contributed by atoms with Gasteiger partial charge in [-0.3, -0.25) is 9.51 Å². The Balaban J connectivity index is 1.62. The van der Waals surface area contributed by atoms with Crippen LogP contribution in [0.1, 0.15) is 47.5 Å². The van der Waals surface area contributed by atoms with Crippen LogP contribution in [-0.2, 0) is 12.8 Å². The number of allylic oxidation sites excluding steroid dienone is 1. The van der Waals surface area contributed by atoms with Crippen LogP contribution in [0.25, 0.3) is 28.0 Å². The molecule has 2 aromatic carbocycles. The van der Waals surface area contributed by atoms with Gasteiger partial charge in [0.05, 0.1) is 12.3 Å². The zero-order valence-corrected chi connectivity index (χ0v) is 20.3. The van der Waals surface area contributed by atoms with Crippen molar-refractivity contribution in [2.45, 2.75) is 33.6 Å². The molecule has 8 heteroatoms. The van der Waals surface area contributed by atoms with E-state index in [1.165, 1.54) is 11.1 Å². The number of hydrogen-bond donors (Lipinski definition) is 1. The molecule has 0 atom stereocenters. The van der Waals surface area contributed by atoms with Crippen LogP contribution in [0, 0.1) is 6.92 Å². The fourth-order valence-corrected chi connectivity index (χ4v) is 5.18. The summed E-state index contributed by atoms with van der Waals surface area (Å²) in [6, 6.07) is 17.0. The van der Waals surface area contributed by atoms with Crippen molar-refractivity contribution in [2.24, 2.45) is 0 Å². The van der Waals surface area contributed by atoms with Gasteiger partial charge in [-0.1, -0.05) is 35.5 Å². The highest BCUT2D eigenvalue weighted by molar-refractivity contribution is 5.99. The first kappa shape index (κ1) is 22.0. The molecule has 36 heavy (non-hydrogen) atoms. The number of pyridine rings is 1. The Morgan fingerprint density at radius 1 is 1.11 bits per heavy atom. The Labute approximate surface area is 207 Å². The van der Waals surface area contributed by atoms with Crippen molar-refractivity contribution in [1.29, 1.82) is 0 Å². The number of nitrogens with zero attached hydrogens (tertiary/aromatic N) is 4. The van der Waals surface area contributed by atoms with E-state index in [0.29, 0.717) is 18.4 Å². The Morgan fingerprint density at radius 3 is 2.78 bits per heavy atom. The molecule has 8 nitrogen and oxygen atoms in total. The molecular weight excluding hydrogens is 454 g/mol. The quantitative estimate of drug-likeness (QED) is 0.394. The van der Waals surface area contributed by atoms with Gasteiger partial charge in [-0.2, -0.15) is 4.98 Å². The Kier molecular flexibility index (Phi) is 5.29. The molecule has 1 N–H and O–H groups in total. The van der Waals surface area contributed by atoms with Gasteiger partial charge in [0.15, 0.2) is 11.5 Å². The molecule has 0 amide bonds. The number of H-pyrrole nitrogens is 1. The van der Waals surface area contributed by atoms with Gasteiger partial charge in [0.1, 0.15) is 5.52 Å². The minimum Gasteiger partial charge on any atom is -0.465 e. The third kappa shape index (κ3) is 3.45. The highest BCUT2D eigenvalue weighted by atomic mass is 16.5. The van der Waals surface area contributed by atoms with Crippen LogP contribution in [0.3, 0.4) is 0 Å². The fourth-order valence-electron chi connectivity index (χ4n) is 5.18. The summed E-state index contributed by atoms with van der Waals surface area (Å²) >= 11 is 0. The Bertz CT molecular complexity index is 1710. The van der Waals surface area contributed by atoms with Gasteiger partial charge in [0, 0.05) is 11.8 Å². The number of nitrogens with one attached hydrogen (secondary N) is 1. The molecule has 180 valence electrons. The molecule has 1 aliphatic carbocycles. The van der Waals surface area contributed by atoms with E-state index in [1.54, 1.807) is 6.20 Å². The van der Waals surface area contributed by atoms with E-state index in [2.05, 4.69) is 57.4 Å². The van der Waals surface area contributed by atoms with Gasteiger partial charge in [0.25, 0.3) is 0 Å². The first-order chi connectivity index (χ1) is 17.6. The van der Waals surface area contributed by atoms with Crippen molar-refractivity contribution in [2.75, 3.05) is 6.61 Å². The van der Waals surface area contributed by atoms with E-state index in [4.69, 9.17) is 9.26 Å². The number of aryl methyl sites for hydroxylation is 1. The summed E-state index contributed by atoms with van der Waals surface area (Å²) in [5.74, 6) is -0.135. The highest BCUT2D eigenvalue weighted by Gasteiger charge is 2.25. The molecule has 6 rings (SSSR count). The predicted molar refractivity (Wildman–Crippen MR) is 137 cm³/mol. The van der Waals surface area contributed by atoms with Crippen molar-refractivity contribution in [3.63, 3.8) is 0 Å². The molecule has 3 aromatic heterocycles. The van der Waals surface area contributed by atoms with Gasteiger partial charge in [-0.05, 0) is 85.2 Å². The van der Waals surface area contributed by atoms with Gasteiger partial charge >= 0.3 is 11.8 Å². The summed E-state index contributed by atoms with van der Waals surface area (Å²) in [5, 5.41) is 3.98. The lowest BCUT2D eigenvalue weighted by Gasteiger charge is -2.19. The summed E-state index contributed by atoms with van der Waals surface area (Å²) in [6.07, 6.45) is 3.53. The van der Waals surface area contributed by atoms with E-state index in [-0.39, 0.29) is 0 Å². The topological polar surface area (TPSA) is 98.8 Å². The summed E-state index contributed by atoms with van der Waals surface area (Å²) in [6.45, 7) is 6.56. The predicted octanol–water partition coefficient (Wildman–Crippen LogP) is 4.88. The largest absolute Gasteiger partial charge is 0.465 e. The zero-order valence-electron chi connectivity index (χ0n) is 20.3. The number of ether oxygens (including phenoxy) is 1. The smallest absolute Gasteiger partial charge is 0.439 e. The molecular formula is C28H25N5O3. The Morgan fingerprint density at radius 2 is 1.97 bits per heavy atom. The molecule has 0 aliphatic heterocycles.